The van der Waals surface area contributed by atoms with E-state index in [0.29, 0.717) is 22.0 Å². The number of aromatic nitrogens is 1. The number of benzene rings is 1. The number of esters is 1. The van der Waals surface area contributed by atoms with E-state index in [-0.39, 0.29) is 5.91 Å². The van der Waals surface area contributed by atoms with Gasteiger partial charge in [-0.3, -0.25) is 9.78 Å². The van der Waals surface area contributed by atoms with Crippen molar-refractivity contribution in [3.8, 4) is 0 Å². The largest absolute Gasteiger partial charge is 0.465 e. The van der Waals surface area contributed by atoms with Crippen LogP contribution in [0.5, 0.6) is 0 Å². The van der Waals surface area contributed by atoms with Gasteiger partial charge in [-0.1, -0.05) is 24.4 Å². The SMILES string of the molecule is COC(=O)c1ccc(Cl)c(NC(=O)c2cc(N3CCCCCC3)ccn2)c1. The van der Waals surface area contributed by atoms with Crippen LogP contribution in [0.4, 0.5) is 11.4 Å². The van der Waals surface area contributed by atoms with Crippen LogP contribution in [-0.2, 0) is 4.74 Å². The maximum absolute atomic E-state index is 12.7. The fraction of sp³-hybridized carbons (Fsp3) is 0.350. The van der Waals surface area contributed by atoms with Crippen molar-refractivity contribution in [1.29, 1.82) is 0 Å². The molecular formula is C20H22ClN3O3. The quantitative estimate of drug-likeness (QED) is 0.798. The number of ether oxygens (including phenoxy) is 1. The standard InChI is InChI=1S/C20H22ClN3O3/c1-27-20(26)14-6-7-16(21)17(12-14)23-19(25)18-13-15(8-9-22-18)24-10-4-2-3-5-11-24/h6-9,12-13H,2-5,10-11H2,1H3,(H,23,25). The lowest BCUT2D eigenvalue weighted by Gasteiger charge is -2.22. The number of hydrogen-bond donors (Lipinski definition) is 1. The Morgan fingerprint density at radius 2 is 1.85 bits per heavy atom. The topological polar surface area (TPSA) is 71.5 Å². The minimum atomic E-state index is -0.497. The zero-order valence-electron chi connectivity index (χ0n) is 15.2. The number of pyridine rings is 1. The normalized spacial score (nSPS) is 14.4. The molecule has 1 N–H and O–H groups in total. The average Bonchev–Trinajstić information content (AvgIpc) is 2.98. The minimum Gasteiger partial charge on any atom is -0.465 e. The van der Waals surface area contributed by atoms with Crippen molar-refractivity contribution >= 4 is 34.9 Å². The molecule has 0 saturated carbocycles. The summed E-state index contributed by atoms with van der Waals surface area (Å²) < 4.78 is 4.70. The van der Waals surface area contributed by atoms with Gasteiger partial charge in [0, 0.05) is 25.0 Å². The third kappa shape index (κ3) is 4.77. The number of carbonyl (C=O) groups excluding carboxylic acids is 2. The highest BCUT2D eigenvalue weighted by Crippen LogP contribution is 2.25. The van der Waals surface area contributed by atoms with E-state index in [4.69, 9.17) is 16.3 Å². The number of halogens is 1. The molecular weight excluding hydrogens is 366 g/mol. The monoisotopic (exact) mass is 387 g/mol. The van der Waals surface area contributed by atoms with Gasteiger partial charge in [-0.25, -0.2) is 4.79 Å². The Morgan fingerprint density at radius 3 is 2.56 bits per heavy atom. The smallest absolute Gasteiger partial charge is 0.337 e. The number of methoxy groups -OCH3 is 1. The molecule has 1 aromatic carbocycles. The molecule has 0 radical (unpaired) electrons. The zero-order valence-corrected chi connectivity index (χ0v) is 16.0. The summed E-state index contributed by atoms with van der Waals surface area (Å²) >= 11 is 6.15. The number of amides is 1. The molecule has 6 nitrogen and oxygen atoms in total. The van der Waals surface area contributed by atoms with Gasteiger partial charge in [0.15, 0.2) is 0 Å². The van der Waals surface area contributed by atoms with Gasteiger partial charge in [0.2, 0.25) is 0 Å². The van der Waals surface area contributed by atoms with Gasteiger partial charge in [-0.2, -0.15) is 0 Å². The van der Waals surface area contributed by atoms with Crippen LogP contribution in [0.3, 0.4) is 0 Å². The number of rotatable bonds is 4. The van der Waals surface area contributed by atoms with E-state index < -0.39 is 5.97 Å². The van der Waals surface area contributed by atoms with E-state index in [9.17, 15) is 9.59 Å². The maximum atomic E-state index is 12.7. The highest BCUT2D eigenvalue weighted by atomic mass is 35.5. The van der Waals surface area contributed by atoms with Gasteiger partial charge in [-0.05, 0) is 43.2 Å². The summed E-state index contributed by atoms with van der Waals surface area (Å²) in [7, 11) is 1.30. The first-order chi connectivity index (χ1) is 13.1. The van der Waals surface area contributed by atoms with Gasteiger partial charge < -0.3 is 15.0 Å². The van der Waals surface area contributed by atoms with Crippen molar-refractivity contribution in [3.05, 3.63) is 52.8 Å². The molecule has 1 aliphatic heterocycles. The molecule has 1 fully saturated rings. The first kappa shape index (κ1) is 19.2. The van der Waals surface area contributed by atoms with Crippen LogP contribution in [-0.4, -0.2) is 37.1 Å². The Hall–Kier alpha value is -2.60. The second-order valence-electron chi connectivity index (χ2n) is 6.44. The van der Waals surface area contributed by atoms with Crippen LogP contribution < -0.4 is 10.2 Å². The number of nitrogens with zero attached hydrogens (tertiary/aromatic N) is 2. The Balaban J connectivity index is 1.78. The molecule has 142 valence electrons. The molecule has 1 aromatic heterocycles. The number of anilines is 2. The van der Waals surface area contributed by atoms with Crippen molar-refractivity contribution in [2.75, 3.05) is 30.4 Å². The van der Waals surface area contributed by atoms with Crippen LogP contribution in [0.25, 0.3) is 0 Å². The predicted molar refractivity (Wildman–Crippen MR) is 106 cm³/mol. The number of carbonyl (C=O) groups is 2. The molecule has 27 heavy (non-hydrogen) atoms. The van der Waals surface area contributed by atoms with Gasteiger partial charge in [-0.15, -0.1) is 0 Å². The predicted octanol–water partition coefficient (Wildman–Crippen LogP) is 4.15. The first-order valence-electron chi connectivity index (χ1n) is 8.98. The summed E-state index contributed by atoms with van der Waals surface area (Å²) in [4.78, 5) is 30.8. The van der Waals surface area contributed by atoms with E-state index in [1.165, 1.54) is 26.0 Å². The molecule has 2 aromatic rings. The van der Waals surface area contributed by atoms with Crippen LogP contribution in [0.2, 0.25) is 5.02 Å². The molecule has 0 unspecified atom stereocenters. The molecule has 0 atom stereocenters. The van der Waals surface area contributed by atoms with Crippen molar-refractivity contribution in [2.24, 2.45) is 0 Å². The Morgan fingerprint density at radius 1 is 1.11 bits per heavy atom. The Kier molecular flexibility index (Phi) is 6.29. The average molecular weight is 388 g/mol. The molecule has 0 bridgehead atoms. The lowest BCUT2D eigenvalue weighted by atomic mass is 10.2. The maximum Gasteiger partial charge on any atom is 0.337 e. The van der Waals surface area contributed by atoms with Gasteiger partial charge in [0.25, 0.3) is 5.91 Å². The van der Waals surface area contributed by atoms with E-state index in [1.807, 2.05) is 6.07 Å². The Bertz CT molecular complexity index is 833. The summed E-state index contributed by atoms with van der Waals surface area (Å²) in [5.41, 5.74) is 1.94. The highest BCUT2D eigenvalue weighted by molar-refractivity contribution is 6.34. The van der Waals surface area contributed by atoms with Gasteiger partial charge >= 0.3 is 5.97 Å². The number of hydrogen-bond acceptors (Lipinski definition) is 5. The minimum absolute atomic E-state index is 0.302. The van der Waals surface area contributed by atoms with Crippen LogP contribution in [0.15, 0.2) is 36.5 Å². The van der Waals surface area contributed by atoms with Crippen molar-refractivity contribution in [1.82, 2.24) is 4.98 Å². The molecule has 1 saturated heterocycles. The second kappa shape index (κ2) is 8.86. The third-order valence-electron chi connectivity index (χ3n) is 4.58. The highest BCUT2D eigenvalue weighted by Gasteiger charge is 2.16. The summed E-state index contributed by atoms with van der Waals surface area (Å²) in [5.74, 6) is -0.876. The van der Waals surface area contributed by atoms with Crippen LogP contribution >= 0.6 is 11.6 Å². The Labute approximate surface area is 163 Å². The number of nitrogens with one attached hydrogen (secondary N) is 1. The summed E-state index contributed by atoms with van der Waals surface area (Å²) in [6.07, 6.45) is 6.43. The third-order valence-corrected chi connectivity index (χ3v) is 4.91. The van der Waals surface area contributed by atoms with Crippen molar-refractivity contribution < 1.29 is 14.3 Å². The summed E-state index contributed by atoms with van der Waals surface area (Å²) in [5, 5.41) is 3.06. The fourth-order valence-corrected chi connectivity index (χ4v) is 3.29. The fourth-order valence-electron chi connectivity index (χ4n) is 3.12. The lowest BCUT2D eigenvalue weighted by molar-refractivity contribution is 0.0600. The van der Waals surface area contributed by atoms with E-state index in [2.05, 4.69) is 15.2 Å². The summed E-state index contributed by atoms with van der Waals surface area (Å²) in [6.45, 7) is 1.97. The van der Waals surface area contributed by atoms with Crippen LogP contribution in [0.1, 0.15) is 46.5 Å². The van der Waals surface area contributed by atoms with Crippen molar-refractivity contribution in [2.45, 2.75) is 25.7 Å². The van der Waals surface area contributed by atoms with E-state index in [0.717, 1.165) is 31.6 Å². The van der Waals surface area contributed by atoms with E-state index in [1.54, 1.807) is 24.4 Å². The molecule has 2 heterocycles. The molecule has 1 aliphatic rings. The van der Waals surface area contributed by atoms with Gasteiger partial charge in [0.1, 0.15) is 5.69 Å². The van der Waals surface area contributed by atoms with Crippen LogP contribution in [0, 0.1) is 0 Å². The van der Waals surface area contributed by atoms with Gasteiger partial charge in [0.05, 0.1) is 23.4 Å². The molecule has 3 rings (SSSR count). The van der Waals surface area contributed by atoms with E-state index >= 15 is 0 Å². The first-order valence-corrected chi connectivity index (χ1v) is 9.36. The summed E-state index contributed by atoms with van der Waals surface area (Å²) in [6, 6.07) is 8.29. The zero-order chi connectivity index (χ0) is 19.2. The second-order valence-corrected chi connectivity index (χ2v) is 6.85. The molecule has 0 spiro atoms. The lowest BCUT2D eigenvalue weighted by Crippen LogP contribution is -2.24. The molecule has 7 heteroatoms. The van der Waals surface area contributed by atoms with Crippen molar-refractivity contribution in [3.63, 3.8) is 0 Å². The molecule has 1 amide bonds. The molecule has 0 aliphatic carbocycles.